The van der Waals surface area contributed by atoms with Crippen molar-refractivity contribution in [2.24, 2.45) is 10.1 Å². The highest BCUT2D eigenvalue weighted by atomic mass is 16.4. The fraction of sp³-hybridized carbons (Fsp3) is 0.263. The summed E-state index contributed by atoms with van der Waals surface area (Å²) in [5.41, 5.74) is 3.36. The van der Waals surface area contributed by atoms with E-state index in [9.17, 15) is 5.21 Å². The molecule has 0 saturated heterocycles. The summed E-state index contributed by atoms with van der Waals surface area (Å²) >= 11 is 0. The van der Waals surface area contributed by atoms with Crippen molar-refractivity contribution in [1.82, 2.24) is 0 Å². The van der Waals surface area contributed by atoms with Crippen molar-refractivity contribution in [2.75, 3.05) is 0 Å². The van der Waals surface area contributed by atoms with E-state index in [1.54, 1.807) is 0 Å². The van der Waals surface area contributed by atoms with Crippen molar-refractivity contribution in [2.45, 2.75) is 31.7 Å². The number of oxime groups is 1. The quantitative estimate of drug-likeness (QED) is 0.478. The molecular formula is C19H20N2O. The summed E-state index contributed by atoms with van der Waals surface area (Å²) in [6.45, 7) is 2.13. The van der Waals surface area contributed by atoms with Crippen LogP contribution in [0, 0.1) is 0 Å². The minimum absolute atomic E-state index is 0.474. The van der Waals surface area contributed by atoms with Crippen LogP contribution in [0.3, 0.4) is 0 Å². The van der Waals surface area contributed by atoms with E-state index in [4.69, 9.17) is 4.99 Å². The Balaban J connectivity index is 1.99. The minimum atomic E-state index is -0.474. The number of rotatable bonds is 6. The number of nitrogens with zero attached hydrogens (tertiary/aromatic N) is 2. The Labute approximate surface area is 131 Å². The highest BCUT2D eigenvalue weighted by Crippen LogP contribution is 2.46. The molecule has 3 heteroatoms. The van der Waals surface area contributed by atoms with E-state index in [1.807, 2.05) is 36.4 Å². The number of hydrogen-bond acceptors (Lipinski definition) is 3. The van der Waals surface area contributed by atoms with Crippen LogP contribution in [-0.4, -0.2) is 16.6 Å². The predicted octanol–water partition coefficient (Wildman–Crippen LogP) is 4.41. The van der Waals surface area contributed by atoms with Crippen LogP contribution in [0.4, 0.5) is 0 Å². The van der Waals surface area contributed by atoms with Gasteiger partial charge in [-0.1, -0.05) is 79.2 Å². The Morgan fingerprint density at radius 1 is 1.00 bits per heavy atom. The van der Waals surface area contributed by atoms with Crippen LogP contribution >= 0.6 is 0 Å². The molecule has 1 aliphatic heterocycles. The second-order valence-electron chi connectivity index (χ2n) is 5.55. The monoisotopic (exact) mass is 292 g/mol. The first-order valence-electron chi connectivity index (χ1n) is 7.75. The molecule has 0 atom stereocenters. The number of hydrogen-bond donors (Lipinski definition) is 1. The fourth-order valence-electron chi connectivity index (χ4n) is 2.90. The Bertz CT molecular complexity index is 650. The van der Waals surface area contributed by atoms with Gasteiger partial charge in [-0.2, -0.15) is 0 Å². The van der Waals surface area contributed by atoms with Gasteiger partial charge in [-0.3, -0.25) is 4.99 Å². The maximum Gasteiger partial charge on any atom is 0.154 e. The molecule has 22 heavy (non-hydrogen) atoms. The van der Waals surface area contributed by atoms with Crippen LogP contribution in [0.15, 0.2) is 70.8 Å². The second kappa shape index (κ2) is 6.14. The first-order valence-corrected chi connectivity index (χ1v) is 7.75. The average molecular weight is 292 g/mol. The summed E-state index contributed by atoms with van der Waals surface area (Å²) in [6, 6.07) is 20.4. The smallest absolute Gasteiger partial charge is 0.154 e. The molecule has 0 aliphatic carbocycles. The largest absolute Gasteiger partial charge is 0.411 e. The molecule has 1 heterocycles. The van der Waals surface area contributed by atoms with Crippen LogP contribution in [-0.2, 0) is 5.54 Å². The van der Waals surface area contributed by atoms with E-state index in [-0.39, 0.29) is 0 Å². The molecule has 1 aliphatic rings. The summed E-state index contributed by atoms with van der Waals surface area (Å²) in [7, 11) is 0. The topological polar surface area (TPSA) is 45.0 Å². The normalized spacial score (nSPS) is 16.2. The second-order valence-corrected chi connectivity index (χ2v) is 5.55. The molecule has 0 fully saturated rings. The van der Waals surface area contributed by atoms with Gasteiger partial charge in [-0.25, -0.2) is 0 Å². The molecule has 0 amide bonds. The molecule has 112 valence electrons. The standard InChI is InChI=1S/C19H20N2O/c1-2-3-14-17(21-22)18-19(20-18,15-10-6-4-7-11-15)16-12-8-5-9-13-16/h4-13,22H,2-3,14H2,1H3/b21-17+. The maximum atomic E-state index is 9.40. The van der Waals surface area contributed by atoms with Gasteiger partial charge in [0, 0.05) is 0 Å². The van der Waals surface area contributed by atoms with E-state index in [0.29, 0.717) is 5.71 Å². The van der Waals surface area contributed by atoms with Crippen LogP contribution in [0.25, 0.3) is 0 Å². The van der Waals surface area contributed by atoms with Crippen LogP contribution in [0.2, 0.25) is 0 Å². The number of unbranched alkanes of at least 4 members (excludes halogenated alkanes) is 1. The lowest BCUT2D eigenvalue weighted by molar-refractivity contribution is 0.318. The summed E-state index contributed by atoms with van der Waals surface area (Å²) in [6.07, 6.45) is 2.82. The van der Waals surface area contributed by atoms with Gasteiger partial charge in [0.25, 0.3) is 0 Å². The Hall–Kier alpha value is -2.42. The van der Waals surface area contributed by atoms with Crippen LogP contribution < -0.4 is 0 Å². The zero-order valence-electron chi connectivity index (χ0n) is 12.7. The molecule has 3 nitrogen and oxygen atoms in total. The van der Waals surface area contributed by atoms with Crippen molar-refractivity contribution < 1.29 is 5.21 Å². The van der Waals surface area contributed by atoms with Gasteiger partial charge >= 0.3 is 0 Å². The van der Waals surface area contributed by atoms with Crippen molar-refractivity contribution in [3.05, 3.63) is 71.8 Å². The molecule has 2 aromatic rings. The zero-order valence-corrected chi connectivity index (χ0v) is 12.7. The van der Waals surface area contributed by atoms with Crippen LogP contribution in [0.5, 0.6) is 0 Å². The van der Waals surface area contributed by atoms with Gasteiger partial charge in [0.15, 0.2) is 5.54 Å². The molecule has 0 spiro atoms. The van der Waals surface area contributed by atoms with Gasteiger partial charge in [0.1, 0.15) is 5.71 Å². The van der Waals surface area contributed by atoms with E-state index in [2.05, 4.69) is 36.3 Å². The van der Waals surface area contributed by atoms with Gasteiger partial charge < -0.3 is 5.21 Å². The lowest BCUT2D eigenvalue weighted by atomic mass is 9.84. The van der Waals surface area contributed by atoms with Crippen molar-refractivity contribution in [1.29, 1.82) is 0 Å². The first-order chi connectivity index (χ1) is 10.8. The van der Waals surface area contributed by atoms with E-state index < -0.39 is 5.54 Å². The van der Waals surface area contributed by atoms with E-state index in [0.717, 1.165) is 36.1 Å². The molecule has 3 rings (SSSR count). The highest BCUT2D eigenvalue weighted by Gasteiger charge is 2.52. The molecule has 0 aromatic heterocycles. The maximum absolute atomic E-state index is 9.40. The third-order valence-electron chi connectivity index (χ3n) is 4.12. The molecular weight excluding hydrogens is 272 g/mol. The Morgan fingerprint density at radius 3 is 2.00 bits per heavy atom. The number of benzene rings is 2. The zero-order chi connectivity index (χ0) is 15.4. The summed E-state index contributed by atoms with van der Waals surface area (Å²) in [5, 5.41) is 12.9. The third-order valence-corrected chi connectivity index (χ3v) is 4.12. The Kier molecular flexibility index (Phi) is 4.05. The summed E-state index contributed by atoms with van der Waals surface area (Å²) in [4.78, 5) is 4.78. The first kappa shape index (κ1) is 14.5. The molecule has 0 saturated carbocycles. The molecule has 0 radical (unpaired) electrons. The molecule has 2 aromatic carbocycles. The molecule has 0 bridgehead atoms. The molecule has 0 unspecified atom stereocenters. The average Bonchev–Trinajstić information content (AvgIpc) is 3.34. The van der Waals surface area contributed by atoms with Gasteiger partial charge in [0.05, 0.1) is 5.71 Å². The summed E-state index contributed by atoms with van der Waals surface area (Å²) in [5.74, 6) is 0. The van der Waals surface area contributed by atoms with Gasteiger partial charge in [0.2, 0.25) is 0 Å². The molecule has 1 N–H and O–H groups in total. The van der Waals surface area contributed by atoms with Crippen LogP contribution in [0.1, 0.15) is 37.3 Å². The predicted molar refractivity (Wildman–Crippen MR) is 89.8 cm³/mol. The van der Waals surface area contributed by atoms with Crippen molar-refractivity contribution in [3.63, 3.8) is 0 Å². The van der Waals surface area contributed by atoms with Gasteiger partial charge in [-0.05, 0) is 24.0 Å². The van der Waals surface area contributed by atoms with E-state index in [1.165, 1.54) is 0 Å². The fourth-order valence-corrected chi connectivity index (χ4v) is 2.90. The lowest BCUT2D eigenvalue weighted by Crippen LogP contribution is -2.24. The van der Waals surface area contributed by atoms with E-state index >= 15 is 0 Å². The Morgan fingerprint density at radius 2 is 1.55 bits per heavy atom. The van der Waals surface area contributed by atoms with Crippen molar-refractivity contribution in [3.8, 4) is 0 Å². The highest BCUT2D eigenvalue weighted by molar-refractivity contribution is 6.51. The summed E-state index contributed by atoms with van der Waals surface area (Å²) < 4.78 is 0. The number of aliphatic imine (C=N–C) groups is 1. The van der Waals surface area contributed by atoms with Gasteiger partial charge in [-0.15, -0.1) is 0 Å². The minimum Gasteiger partial charge on any atom is -0.411 e. The third kappa shape index (κ3) is 2.43. The lowest BCUT2D eigenvalue weighted by Gasteiger charge is -2.17. The SMILES string of the molecule is CCCC/C(=N\O)C1=NC1(c1ccccc1)c1ccccc1. The van der Waals surface area contributed by atoms with Crippen molar-refractivity contribution >= 4 is 11.4 Å².